The van der Waals surface area contributed by atoms with Crippen LogP contribution in [0.2, 0.25) is 0 Å². The number of rotatable bonds is 3. The van der Waals surface area contributed by atoms with Gasteiger partial charge in [-0.05, 0) is 18.8 Å². The molecule has 0 saturated carbocycles. The summed E-state index contributed by atoms with van der Waals surface area (Å²) in [6.45, 7) is 1.58. The van der Waals surface area contributed by atoms with E-state index < -0.39 is 10.2 Å². The number of amides is 2. The van der Waals surface area contributed by atoms with Gasteiger partial charge in [0.05, 0.1) is 0 Å². The second kappa shape index (κ2) is 5.65. The van der Waals surface area contributed by atoms with Gasteiger partial charge in [-0.2, -0.15) is 8.42 Å². The molecule has 0 spiro atoms. The second-order valence-corrected chi connectivity index (χ2v) is 5.90. The molecule has 3 N–H and O–H groups in total. The topological polar surface area (TPSA) is 95.7 Å². The number of urea groups is 1. The van der Waals surface area contributed by atoms with Crippen LogP contribution in [0, 0.1) is 5.92 Å². The molecule has 17 heavy (non-hydrogen) atoms. The summed E-state index contributed by atoms with van der Waals surface area (Å²) in [4.78, 5) is 15.0. The standard InChI is InChI=1S/C9H20N4O3S/c1-12(2)9(14)13-5-3-4-8(7-13)6-11-17(10,15)16/h8,11H,3-7H2,1-2H3,(H2,10,15,16). The maximum Gasteiger partial charge on any atom is 0.319 e. The van der Waals surface area contributed by atoms with Crippen LogP contribution in [0.15, 0.2) is 0 Å². The Bertz CT molecular complexity index is 368. The van der Waals surface area contributed by atoms with Gasteiger partial charge < -0.3 is 9.80 Å². The summed E-state index contributed by atoms with van der Waals surface area (Å²) in [6, 6.07) is -0.0368. The van der Waals surface area contributed by atoms with Crippen molar-refractivity contribution in [3.63, 3.8) is 0 Å². The van der Waals surface area contributed by atoms with E-state index in [0.717, 1.165) is 19.4 Å². The average Bonchev–Trinajstić information content (AvgIpc) is 2.24. The first-order chi connectivity index (χ1) is 7.79. The average molecular weight is 264 g/mol. The molecule has 0 aliphatic carbocycles. The van der Waals surface area contributed by atoms with Crippen LogP contribution in [0.1, 0.15) is 12.8 Å². The van der Waals surface area contributed by atoms with Crippen LogP contribution >= 0.6 is 0 Å². The zero-order valence-corrected chi connectivity index (χ0v) is 11.0. The molecule has 1 heterocycles. The van der Waals surface area contributed by atoms with Gasteiger partial charge in [0.25, 0.3) is 10.2 Å². The molecule has 1 aliphatic heterocycles. The predicted molar refractivity (Wildman–Crippen MR) is 64.5 cm³/mol. The Balaban J connectivity index is 2.47. The van der Waals surface area contributed by atoms with Crippen molar-refractivity contribution in [2.45, 2.75) is 12.8 Å². The third-order valence-corrected chi connectivity index (χ3v) is 3.31. The zero-order valence-electron chi connectivity index (χ0n) is 10.2. The number of piperidine rings is 1. The third-order valence-electron chi connectivity index (χ3n) is 2.75. The highest BCUT2D eigenvalue weighted by atomic mass is 32.2. The molecule has 1 aliphatic rings. The Morgan fingerprint density at radius 1 is 1.53 bits per heavy atom. The third kappa shape index (κ3) is 4.88. The molecule has 0 radical (unpaired) electrons. The minimum atomic E-state index is -3.64. The molecular formula is C9H20N4O3S. The van der Waals surface area contributed by atoms with Crippen LogP contribution < -0.4 is 9.86 Å². The molecule has 1 atom stereocenters. The fourth-order valence-corrected chi connectivity index (χ4v) is 2.39. The van der Waals surface area contributed by atoms with E-state index in [2.05, 4.69) is 4.72 Å². The Kier molecular flexibility index (Phi) is 4.72. The van der Waals surface area contributed by atoms with Crippen LogP contribution in [0.3, 0.4) is 0 Å². The van der Waals surface area contributed by atoms with E-state index in [9.17, 15) is 13.2 Å². The van der Waals surface area contributed by atoms with Gasteiger partial charge in [-0.1, -0.05) is 0 Å². The van der Waals surface area contributed by atoms with Crippen molar-refractivity contribution in [3.05, 3.63) is 0 Å². The van der Waals surface area contributed by atoms with E-state index in [0.29, 0.717) is 6.54 Å². The lowest BCUT2D eigenvalue weighted by atomic mass is 9.99. The molecule has 0 aromatic heterocycles. The van der Waals surface area contributed by atoms with E-state index in [1.165, 1.54) is 4.90 Å². The maximum absolute atomic E-state index is 11.7. The lowest BCUT2D eigenvalue weighted by molar-refractivity contribution is 0.143. The summed E-state index contributed by atoms with van der Waals surface area (Å²) in [6.07, 6.45) is 1.79. The molecule has 7 nitrogen and oxygen atoms in total. The molecule has 0 aromatic rings. The molecule has 1 rings (SSSR count). The number of carbonyl (C=O) groups is 1. The van der Waals surface area contributed by atoms with E-state index in [1.807, 2.05) is 0 Å². The Morgan fingerprint density at radius 2 is 2.18 bits per heavy atom. The summed E-state index contributed by atoms with van der Waals surface area (Å²) in [5.41, 5.74) is 0. The van der Waals surface area contributed by atoms with E-state index >= 15 is 0 Å². The van der Waals surface area contributed by atoms with Gasteiger partial charge in [0, 0.05) is 33.7 Å². The monoisotopic (exact) mass is 264 g/mol. The zero-order chi connectivity index (χ0) is 13.1. The Labute approximate surface area is 102 Å². The molecule has 0 bridgehead atoms. The molecular weight excluding hydrogens is 244 g/mol. The fraction of sp³-hybridized carbons (Fsp3) is 0.889. The van der Waals surface area contributed by atoms with Crippen LogP contribution in [0.4, 0.5) is 4.79 Å². The summed E-state index contributed by atoms with van der Waals surface area (Å²) >= 11 is 0. The van der Waals surface area contributed by atoms with Gasteiger partial charge in [-0.3, -0.25) is 0 Å². The van der Waals surface area contributed by atoms with Crippen molar-refractivity contribution >= 4 is 16.2 Å². The van der Waals surface area contributed by atoms with Crippen molar-refractivity contribution in [1.29, 1.82) is 0 Å². The van der Waals surface area contributed by atoms with Crippen molar-refractivity contribution < 1.29 is 13.2 Å². The molecule has 8 heteroatoms. The van der Waals surface area contributed by atoms with Crippen LogP contribution in [-0.2, 0) is 10.2 Å². The number of nitrogens with zero attached hydrogens (tertiary/aromatic N) is 2. The van der Waals surface area contributed by atoms with Crippen molar-refractivity contribution in [1.82, 2.24) is 14.5 Å². The SMILES string of the molecule is CN(C)C(=O)N1CCCC(CNS(N)(=O)=O)C1. The summed E-state index contributed by atoms with van der Waals surface area (Å²) < 4.78 is 23.8. The number of hydrogen-bond acceptors (Lipinski definition) is 3. The normalized spacial score (nSPS) is 21.4. The predicted octanol–water partition coefficient (Wildman–Crippen LogP) is -0.827. The number of nitrogens with one attached hydrogen (secondary N) is 1. The lowest BCUT2D eigenvalue weighted by Crippen LogP contribution is -2.47. The van der Waals surface area contributed by atoms with Crippen molar-refractivity contribution in [2.24, 2.45) is 11.1 Å². The highest BCUT2D eigenvalue weighted by molar-refractivity contribution is 7.87. The Morgan fingerprint density at radius 3 is 2.71 bits per heavy atom. The van der Waals surface area contributed by atoms with Gasteiger partial charge in [0.15, 0.2) is 0 Å². The molecule has 2 amide bonds. The fourth-order valence-electron chi connectivity index (χ4n) is 1.92. The minimum absolute atomic E-state index is 0.0368. The number of nitrogens with two attached hydrogens (primary N) is 1. The van der Waals surface area contributed by atoms with Gasteiger partial charge in [0.1, 0.15) is 0 Å². The largest absolute Gasteiger partial charge is 0.331 e. The number of likely N-dealkylation sites (tertiary alicyclic amines) is 1. The van der Waals surface area contributed by atoms with Gasteiger partial charge in [-0.15, -0.1) is 0 Å². The first-order valence-electron chi connectivity index (χ1n) is 5.53. The lowest BCUT2D eigenvalue weighted by Gasteiger charge is -2.34. The maximum atomic E-state index is 11.7. The minimum Gasteiger partial charge on any atom is -0.331 e. The molecule has 1 unspecified atom stereocenters. The number of carbonyl (C=O) groups excluding carboxylic acids is 1. The van der Waals surface area contributed by atoms with E-state index in [4.69, 9.17) is 5.14 Å². The summed E-state index contributed by atoms with van der Waals surface area (Å²) in [7, 11) is -0.236. The summed E-state index contributed by atoms with van der Waals surface area (Å²) in [5.74, 6) is 0.131. The second-order valence-electron chi connectivity index (χ2n) is 4.52. The molecule has 100 valence electrons. The Hall–Kier alpha value is -0.860. The summed E-state index contributed by atoms with van der Waals surface area (Å²) in [5, 5.41) is 4.87. The van der Waals surface area contributed by atoms with E-state index in [-0.39, 0.29) is 18.5 Å². The van der Waals surface area contributed by atoms with Crippen molar-refractivity contribution in [3.8, 4) is 0 Å². The van der Waals surface area contributed by atoms with Crippen LogP contribution in [-0.4, -0.2) is 58.0 Å². The van der Waals surface area contributed by atoms with Gasteiger partial charge in [-0.25, -0.2) is 14.7 Å². The highest BCUT2D eigenvalue weighted by Gasteiger charge is 2.24. The quantitative estimate of drug-likeness (QED) is 0.696. The smallest absolute Gasteiger partial charge is 0.319 e. The highest BCUT2D eigenvalue weighted by Crippen LogP contribution is 2.16. The van der Waals surface area contributed by atoms with Gasteiger partial charge in [0.2, 0.25) is 0 Å². The van der Waals surface area contributed by atoms with Crippen molar-refractivity contribution in [2.75, 3.05) is 33.7 Å². The first-order valence-corrected chi connectivity index (χ1v) is 7.08. The van der Waals surface area contributed by atoms with Crippen LogP contribution in [0.25, 0.3) is 0 Å². The number of hydrogen-bond donors (Lipinski definition) is 2. The molecule has 0 aromatic carbocycles. The first kappa shape index (κ1) is 14.2. The molecule has 1 saturated heterocycles. The van der Waals surface area contributed by atoms with Crippen LogP contribution in [0.5, 0.6) is 0 Å². The van der Waals surface area contributed by atoms with Gasteiger partial charge >= 0.3 is 6.03 Å². The molecule has 1 fully saturated rings. The van der Waals surface area contributed by atoms with E-state index in [1.54, 1.807) is 19.0 Å².